The van der Waals surface area contributed by atoms with Gasteiger partial charge >= 0.3 is 0 Å². The molecule has 2 nitrogen and oxygen atoms in total. The van der Waals surface area contributed by atoms with Crippen LogP contribution in [0, 0.1) is 11.8 Å². The molecule has 1 aliphatic heterocycles. The Morgan fingerprint density at radius 3 is 2.86 bits per heavy atom. The highest BCUT2D eigenvalue weighted by Crippen LogP contribution is 2.42. The zero-order valence-electron chi connectivity index (χ0n) is 12.6. The van der Waals surface area contributed by atoms with E-state index in [1.807, 2.05) is 12.3 Å². The van der Waals surface area contributed by atoms with Crippen LogP contribution in [0.5, 0.6) is 0 Å². The molecule has 1 aliphatic carbocycles. The fourth-order valence-corrected chi connectivity index (χ4v) is 4.50. The van der Waals surface area contributed by atoms with Crippen molar-refractivity contribution in [3.05, 3.63) is 42.1 Å². The third-order valence-electron chi connectivity index (χ3n) is 5.59. The molecule has 2 aromatic rings. The maximum atomic E-state index is 4.45. The molecule has 0 spiro atoms. The van der Waals surface area contributed by atoms with Crippen LogP contribution in [0.25, 0.3) is 10.9 Å². The third-order valence-corrected chi connectivity index (χ3v) is 5.59. The summed E-state index contributed by atoms with van der Waals surface area (Å²) < 4.78 is 0. The van der Waals surface area contributed by atoms with Gasteiger partial charge in [-0.1, -0.05) is 37.8 Å². The average molecular weight is 280 g/mol. The van der Waals surface area contributed by atoms with E-state index in [0.717, 1.165) is 23.3 Å². The molecule has 1 aromatic carbocycles. The fraction of sp³-hybridized carbons (Fsp3) is 0.526. The lowest BCUT2D eigenvalue weighted by Gasteiger charge is -2.36. The van der Waals surface area contributed by atoms with Crippen molar-refractivity contribution in [1.82, 2.24) is 10.3 Å². The molecule has 1 N–H and O–H groups in total. The second kappa shape index (κ2) is 5.76. The zero-order valence-corrected chi connectivity index (χ0v) is 12.6. The predicted octanol–water partition coefficient (Wildman–Crippen LogP) is 4.12. The van der Waals surface area contributed by atoms with Gasteiger partial charge in [0.05, 0.1) is 5.52 Å². The number of benzene rings is 1. The molecule has 0 radical (unpaired) electrons. The number of fused-ring (bicyclic) bond motifs is 1. The summed E-state index contributed by atoms with van der Waals surface area (Å²) >= 11 is 0. The summed E-state index contributed by atoms with van der Waals surface area (Å²) in [5, 5.41) is 4.93. The Labute approximate surface area is 127 Å². The van der Waals surface area contributed by atoms with E-state index in [4.69, 9.17) is 0 Å². The standard InChI is InChI=1S/C19H24N2/c1-2-5-14(4-1)18-13-20-11-9-17(18)15-7-8-19-16(12-15)6-3-10-21-19/h3,6-8,10,12,14,17-18,20H,1-2,4-5,9,11,13H2. The Kier molecular flexibility index (Phi) is 3.64. The van der Waals surface area contributed by atoms with Crippen LogP contribution >= 0.6 is 0 Å². The van der Waals surface area contributed by atoms with Crippen molar-refractivity contribution in [2.24, 2.45) is 11.8 Å². The van der Waals surface area contributed by atoms with E-state index >= 15 is 0 Å². The molecule has 2 heteroatoms. The van der Waals surface area contributed by atoms with Crippen molar-refractivity contribution in [3.63, 3.8) is 0 Å². The minimum absolute atomic E-state index is 0.735. The molecular weight excluding hydrogens is 256 g/mol. The second-order valence-electron chi connectivity index (χ2n) is 6.76. The van der Waals surface area contributed by atoms with Crippen LogP contribution in [0.15, 0.2) is 36.5 Å². The van der Waals surface area contributed by atoms with E-state index in [2.05, 4.69) is 34.6 Å². The SMILES string of the molecule is c1cnc2ccc(C3CCNCC3C3CCCC3)cc2c1. The summed E-state index contributed by atoms with van der Waals surface area (Å²) in [5.41, 5.74) is 2.65. The van der Waals surface area contributed by atoms with Gasteiger partial charge < -0.3 is 5.32 Å². The highest BCUT2D eigenvalue weighted by Gasteiger charge is 2.34. The van der Waals surface area contributed by atoms with Crippen molar-refractivity contribution in [1.29, 1.82) is 0 Å². The summed E-state index contributed by atoms with van der Waals surface area (Å²) in [4.78, 5) is 4.45. The van der Waals surface area contributed by atoms with E-state index in [1.165, 1.54) is 56.1 Å². The number of rotatable bonds is 2. The quantitative estimate of drug-likeness (QED) is 0.895. The Morgan fingerprint density at radius 2 is 1.95 bits per heavy atom. The fourth-order valence-electron chi connectivity index (χ4n) is 4.50. The largest absolute Gasteiger partial charge is 0.316 e. The maximum absolute atomic E-state index is 4.45. The first kappa shape index (κ1) is 13.3. The van der Waals surface area contributed by atoms with Gasteiger partial charge in [0.2, 0.25) is 0 Å². The van der Waals surface area contributed by atoms with Gasteiger partial charge in [-0.3, -0.25) is 4.98 Å². The van der Waals surface area contributed by atoms with Crippen LogP contribution in [0.4, 0.5) is 0 Å². The monoisotopic (exact) mass is 280 g/mol. The predicted molar refractivity (Wildman–Crippen MR) is 87.4 cm³/mol. The minimum atomic E-state index is 0.735. The molecule has 21 heavy (non-hydrogen) atoms. The number of aromatic nitrogens is 1. The van der Waals surface area contributed by atoms with Gasteiger partial charge in [0.15, 0.2) is 0 Å². The Balaban J connectivity index is 1.67. The lowest BCUT2D eigenvalue weighted by Crippen LogP contribution is -2.38. The van der Waals surface area contributed by atoms with Crippen LogP contribution in [0.3, 0.4) is 0 Å². The first-order valence-electron chi connectivity index (χ1n) is 8.47. The molecule has 2 atom stereocenters. The van der Waals surface area contributed by atoms with Crippen molar-refractivity contribution in [2.75, 3.05) is 13.1 Å². The number of nitrogens with zero attached hydrogens (tertiary/aromatic N) is 1. The Hall–Kier alpha value is -1.41. The van der Waals surface area contributed by atoms with Gasteiger partial charge in [0.25, 0.3) is 0 Å². The first-order valence-corrected chi connectivity index (χ1v) is 8.47. The topological polar surface area (TPSA) is 24.9 Å². The van der Waals surface area contributed by atoms with Crippen LogP contribution in [0.1, 0.15) is 43.6 Å². The van der Waals surface area contributed by atoms with Crippen molar-refractivity contribution in [3.8, 4) is 0 Å². The van der Waals surface area contributed by atoms with Gasteiger partial charge in [-0.2, -0.15) is 0 Å². The normalized spacial score (nSPS) is 27.2. The van der Waals surface area contributed by atoms with Crippen LogP contribution in [-0.4, -0.2) is 18.1 Å². The van der Waals surface area contributed by atoms with Crippen molar-refractivity contribution in [2.45, 2.75) is 38.0 Å². The second-order valence-corrected chi connectivity index (χ2v) is 6.76. The Morgan fingerprint density at radius 1 is 1.05 bits per heavy atom. The van der Waals surface area contributed by atoms with Gasteiger partial charge in [-0.05, 0) is 61.0 Å². The molecule has 110 valence electrons. The lowest BCUT2D eigenvalue weighted by molar-refractivity contribution is 0.231. The zero-order chi connectivity index (χ0) is 14.1. The summed E-state index contributed by atoms with van der Waals surface area (Å²) in [5.74, 6) is 2.50. The number of hydrogen-bond donors (Lipinski definition) is 1. The average Bonchev–Trinajstić information content (AvgIpc) is 3.09. The molecule has 2 aliphatic rings. The highest BCUT2D eigenvalue weighted by atomic mass is 14.9. The lowest BCUT2D eigenvalue weighted by atomic mass is 9.73. The van der Waals surface area contributed by atoms with Crippen LogP contribution in [-0.2, 0) is 0 Å². The summed E-state index contributed by atoms with van der Waals surface area (Å²) in [6.45, 7) is 2.37. The van der Waals surface area contributed by atoms with Gasteiger partial charge in [0.1, 0.15) is 0 Å². The summed E-state index contributed by atoms with van der Waals surface area (Å²) in [6.07, 6.45) is 8.93. The van der Waals surface area contributed by atoms with Crippen LogP contribution < -0.4 is 5.32 Å². The van der Waals surface area contributed by atoms with Crippen molar-refractivity contribution < 1.29 is 0 Å². The first-order chi connectivity index (χ1) is 10.4. The number of pyridine rings is 1. The molecule has 1 saturated carbocycles. The van der Waals surface area contributed by atoms with E-state index in [9.17, 15) is 0 Å². The molecule has 1 aromatic heterocycles. The summed E-state index contributed by atoms with van der Waals surface area (Å²) in [7, 11) is 0. The Bertz CT molecular complexity index is 616. The number of piperidine rings is 1. The van der Waals surface area contributed by atoms with E-state index < -0.39 is 0 Å². The van der Waals surface area contributed by atoms with E-state index in [-0.39, 0.29) is 0 Å². The van der Waals surface area contributed by atoms with Gasteiger partial charge in [0, 0.05) is 11.6 Å². The summed E-state index contributed by atoms with van der Waals surface area (Å²) in [6, 6.07) is 11.2. The van der Waals surface area contributed by atoms with E-state index in [0.29, 0.717) is 0 Å². The molecule has 0 amide bonds. The molecule has 0 bridgehead atoms. The van der Waals surface area contributed by atoms with E-state index in [1.54, 1.807) is 0 Å². The molecular formula is C19H24N2. The molecule has 2 unspecified atom stereocenters. The smallest absolute Gasteiger partial charge is 0.0702 e. The molecule has 2 heterocycles. The van der Waals surface area contributed by atoms with Crippen molar-refractivity contribution >= 4 is 10.9 Å². The third kappa shape index (κ3) is 2.57. The van der Waals surface area contributed by atoms with Gasteiger partial charge in [-0.15, -0.1) is 0 Å². The number of hydrogen-bond acceptors (Lipinski definition) is 2. The van der Waals surface area contributed by atoms with Gasteiger partial charge in [-0.25, -0.2) is 0 Å². The minimum Gasteiger partial charge on any atom is -0.316 e. The maximum Gasteiger partial charge on any atom is 0.0702 e. The number of nitrogens with one attached hydrogen (secondary N) is 1. The molecule has 4 rings (SSSR count). The molecule has 2 fully saturated rings. The van der Waals surface area contributed by atoms with Crippen LogP contribution in [0.2, 0.25) is 0 Å². The molecule has 1 saturated heterocycles. The highest BCUT2D eigenvalue weighted by molar-refractivity contribution is 5.79.